The Labute approximate surface area is 146 Å². The summed E-state index contributed by atoms with van der Waals surface area (Å²) < 4.78 is 10.6. The number of methoxy groups -OCH3 is 2. The number of nitrogens with one attached hydrogen (secondary N) is 3. The summed E-state index contributed by atoms with van der Waals surface area (Å²) in [5.74, 6) is 2.03. The first-order valence-corrected chi connectivity index (χ1v) is 8.00. The second-order valence-electron chi connectivity index (χ2n) is 5.50. The molecular formula is C19H22N4O2. The highest BCUT2D eigenvalue weighted by molar-refractivity contribution is 5.94. The van der Waals surface area contributed by atoms with Gasteiger partial charge in [0.25, 0.3) is 0 Å². The topological polar surface area (TPSA) is 70.7 Å². The van der Waals surface area contributed by atoms with Gasteiger partial charge in [-0.25, -0.2) is 0 Å². The van der Waals surface area contributed by atoms with Gasteiger partial charge in [-0.3, -0.25) is 4.99 Å². The lowest BCUT2D eigenvalue weighted by molar-refractivity contribution is 0.355. The van der Waals surface area contributed by atoms with Gasteiger partial charge in [0.1, 0.15) is 0 Å². The van der Waals surface area contributed by atoms with Gasteiger partial charge < -0.3 is 25.1 Å². The van der Waals surface area contributed by atoms with E-state index in [9.17, 15) is 0 Å². The van der Waals surface area contributed by atoms with E-state index in [1.807, 2.05) is 30.3 Å². The van der Waals surface area contributed by atoms with E-state index in [1.54, 1.807) is 21.3 Å². The highest BCUT2D eigenvalue weighted by atomic mass is 16.5. The van der Waals surface area contributed by atoms with E-state index in [2.05, 4.69) is 38.8 Å². The molecule has 0 radical (unpaired) electrons. The SMILES string of the molecule is CN=C(NCc1cc2ccccc2[nH]1)Nc1ccc(OC)c(OC)c1. The van der Waals surface area contributed by atoms with E-state index in [0.717, 1.165) is 16.9 Å². The highest BCUT2D eigenvalue weighted by Gasteiger charge is 2.07. The molecule has 0 unspecified atom stereocenters. The molecule has 0 bridgehead atoms. The Morgan fingerprint density at radius 1 is 1.04 bits per heavy atom. The summed E-state index contributed by atoms with van der Waals surface area (Å²) in [6.07, 6.45) is 0. The molecule has 0 atom stereocenters. The zero-order valence-electron chi connectivity index (χ0n) is 14.6. The molecule has 0 aliphatic heterocycles. The summed E-state index contributed by atoms with van der Waals surface area (Å²) in [6, 6.07) is 16.0. The number of benzene rings is 2. The smallest absolute Gasteiger partial charge is 0.195 e. The van der Waals surface area contributed by atoms with Crippen LogP contribution in [0.2, 0.25) is 0 Å². The molecule has 6 nitrogen and oxygen atoms in total. The molecule has 2 aromatic carbocycles. The molecule has 0 aliphatic rings. The molecule has 3 N–H and O–H groups in total. The molecule has 0 amide bonds. The minimum absolute atomic E-state index is 0.641. The zero-order chi connectivity index (χ0) is 17.6. The van der Waals surface area contributed by atoms with Gasteiger partial charge in [-0.05, 0) is 29.7 Å². The van der Waals surface area contributed by atoms with Crippen molar-refractivity contribution >= 4 is 22.5 Å². The molecule has 0 aliphatic carbocycles. The summed E-state index contributed by atoms with van der Waals surface area (Å²) in [5, 5.41) is 7.74. The van der Waals surface area contributed by atoms with Crippen LogP contribution >= 0.6 is 0 Å². The first-order valence-electron chi connectivity index (χ1n) is 8.00. The number of anilines is 1. The largest absolute Gasteiger partial charge is 0.493 e. The molecule has 6 heteroatoms. The Balaban J connectivity index is 1.67. The molecule has 0 spiro atoms. The summed E-state index contributed by atoms with van der Waals surface area (Å²) >= 11 is 0. The van der Waals surface area contributed by atoms with Crippen molar-refractivity contribution in [3.8, 4) is 11.5 Å². The molecule has 1 heterocycles. The number of aromatic amines is 1. The van der Waals surface area contributed by atoms with Crippen molar-refractivity contribution in [3.05, 3.63) is 54.2 Å². The molecule has 130 valence electrons. The monoisotopic (exact) mass is 338 g/mol. The maximum absolute atomic E-state index is 5.32. The Morgan fingerprint density at radius 3 is 2.56 bits per heavy atom. The number of fused-ring (bicyclic) bond motifs is 1. The van der Waals surface area contributed by atoms with Crippen LogP contribution in [0, 0.1) is 0 Å². The molecule has 0 saturated heterocycles. The van der Waals surface area contributed by atoms with Crippen LogP contribution in [0.15, 0.2) is 53.5 Å². The van der Waals surface area contributed by atoms with Gasteiger partial charge >= 0.3 is 0 Å². The molecule has 1 aromatic heterocycles. The van der Waals surface area contributed by atoms with Crippen molar-refractivity contribution in [1.29, 1.82) is 0 Å². The quantitative estimate of drug-likeness (QED) is 0.493. The van der Waals surface area contributed by atoms with Crippen LogP contribution in [0.4, 0.5) is 5.69 Å². The number of hydrogen-bond acceptors (Lipinski definition) is 3. The van der Waals surface area contributed by atoms with Crippen molar-refractivity contribution in [3.63, 3.8) is 0 Å². The second-order valence-corrected chi connectivity index (χ2v) is 5.50. The first-order chi connectivity index (χ1) is 12.2. The summed E-state index contributed by atoms with van der Waals surface area (Å²) in [7, 11) is 4.97. The number of aliphatic imine (C=N–C) groups is 1. The van der Waals surface area contributed by atoms with Crippen LogP contribution in [-0.2, 0) is 6.54 Å². The van der Waals surface area contributed by atoms with Crippen LogP contribution in [0.1, 0.15) is 5.69 Å². The second kappa shape index (κ2) is 7.61. The molecule has 0 saturated carbocycles. The number of ether oxygens (including phenoxy) is 2. The molecular weight excluding hydrogens is 316 g/mol. The number of rotatable bonds is 5. The van der Waals surface area contributed by atoms with E-state index in [1.165, 1.54) is 5.39 Å². The van der Waals surface area contributed by atoms with Gasteiger partial charge in [0.2, 0.25) is 0 Å². The summed E-state index contributed by atoms with van der Waals surface area (Å²) in [4.78, 5) is 7.65. The number of para-hydroxylation sites is 1. The Morgan fingerprint density at radius 2 is 1.84 bits per heavy atom. The van der Waals surface area contributed by atoms with Crippen LogP contribution in [0.3, 0.4) is 0 Å². The summed E-state index contributed by atoms with van der Waals surface area (Å²) in [5.41, 5.74) is 3.08. The van der Waals surface area contributed by atoms with E-state index in [4.69, 9.17) is 9.47 Å². The van der Waals surface area contributed by atoms with Gasteiger partial charge in [0.15, 0.2) is 17.5 Å². The zero-order valence-corrected chi connectivity index (χ0v) is 14.6. The van der Waals surface area contributed by atoms with Crippen LogP contribution in [0.25, 0.3) is 10.9 Å². The van der Waals surface area contributed by atoms with Crippen molar-refractivity contribution in [2.75, 3.05) is 26.6 Å². The Bertz CT molecular complexity index is 853. The molecule has 0 fully saturated rings. The van der Waals surface area contributed by atoms with E-state index in [0.29, 0.717) is 24.0 Å². The van der Waals surface area contributed by atoms with Crippen molar-refractivity contribution in [1.82, 2.24) is 10.3 Å². The van der Waals surface area contributed by atoms with Gasteiger partial charge in [-0.15, -0.1) is 0 Å². The number of guanidine groups is 1. The normalized spacial score (nSPS) is 11.4. The first kappa shape index (κ1) is 16.7. The van der Waals surface area contributed by atoms with Gasteiger partial charge in [0.05, 0.1) is 20.8 Å². The number of H-pyrrole nitrogens is 1. The van der Waals surface area contributed by atoms with Crippen molar-refractivity contribution < 1.29 is 9.47 Å². The van der Waals surface area contributed by atoms with E-state index < -0.39 is 0 Å². The minimum atomic E-state index is 0.641. The third kappa shape index (κ3) is 3.85. The average Bonchev–Trinajstić information content (AvgIpc) is 3.07. The van der Waals surface area contributed by atoms with Crippen LogP contribution in [0.5, 0.6) is 11.5 Å². The highest BCUT2D eigenvalue weighted by Crippen LogP contribution is 2.29. The van der Waals surface area contributed by atoms with Crippen LogP contribution < -0.4 is 20.1 Å². The lowest BCUT2D eigenvalue weighted by atomic mass is 10.2. The lowest BCUT2D eigenvalue weighted by Crippen LogP contribution is -2.30. The maximum atomic E-state index is 5.32. The third-order valence-corrected chi connectivity index (χ3v) is 3.90. The Hall–Kier alpha value is -3.15. The van der Waals surface area contributed by atoms with Crippen molar-refractivity contribution in [2.45, 2.75) is 6.54 Å². The predicted octanol–water partition coefficient (Wildman–Crippen LogP) is 3.37. The van der Waals surface area contributed by atoms with Gasteiger partial charge in [-0.2, -0.15) is 0 Å². The molecule has 25 heavy (non-hydrogen) atoms. The minimum Gasteiger partial charge on any atom is -0.493 e. The third-order valence-electron chi connectivity index (χ3n) is 3.90. The average molecular weight is 338 g/mol. The maximum Gasteiger partial charge on any atom is 0.195 e. The number of hydrogen-bond donors (Lipinski definition) is 3. The lowest BCUT2D eigenvalue weighted by Gasteiger charge is -2.13. The summed E-state index contributed by atoms with van der Waals surface area (Å²) in [6.45, 7) is 0.641. The number of nitrogens with zero attached hydrogens (tertiary/aromatic N) is 1. The fraction of sp³-hybridized carbons (Fsp3) is 0.211. The van der Waals surface area contributed by atoms with Crippen LogP contribution in [-0.4, -0.2) is 32.2 Å². The standard InChI is InChI=1S/C19H22N4O2/c1-20-19(23-14-8-9-17(24-2)18(11-14)25-3)21-12-15-10-13-6-4-5-7-16(13)22-15/h4-11,22H,12H2,1-3H3,(H2,20,21,23). The van der Waals surface area contributed by atoms with Gasteiger partial charge in [-0.1, -0.05) is 18.2 Å². The van der Waals surface area contributed by atoms with Crippen molar-refractivity contribution in [2.24, 2.45) is 4.99 Å². The van der Waals surface area contributed by atoms with Gasteiger partial charge in [0, 0.05) is 30.0 Å². The molecule has 3 aromatic rings. The fourth-order valence-corrected chi connectivity index (χ4v) is 2.64. The fourth-order valence-electron chi connectivity index (χ4n) is 2.64. The Kier molecular flexibility index (Phi) is 5.09. The van der Waals surface area contributed by atoms with E-state index in [-0.39, 0.29) is 0 Å². The predicted molar refractivity (Wildman–Crippen MR) is 102 cm³/mol. The number of aromatic nitrogens is 1. The van der Waals surface area contributed by atoms with E-state index >= 15 is 0 Å². The molecule has 3 rings (SSSR count).